The van der Waals surface area contributed by atoms with Crippen molar-refractivity contribution in [1.82, 2.24) is 0 Å². The highest BCUT2D eigenvalue weighted by Crippen LogP contribution is 2.42. The van der Waals surface area contributed by atoms with E-state index in [1.54, 1.807) is 45.9 Å². The SMILES string of the molecule is CCc1ccc(Oc2ccc(F)cc2[N+](=O)[O-])cc1C1=C(O)C(C)(C)OC(C)(C)C1=O. The zero-order valence-electron chi connectivity index (χ0n) is 18.0. The summed E-state index contributed by atoms with van der Waals surface area (Å²) in [5.41, 5.74) is -1.42. The summed E-state index contributed by atoms with van der Waals surface area (Å²) in [5, 5.41) is 22.1. The lowest BCUT2D eigenvalue weighted by Gasteiger charge is -2.40. The first-order chi connectivity index (χ1) is 14.4. The fraction of sp³-hybridized carbons (Fsp3) is 0.348. The summed E-state index contributed by atoms with van der Waals surface area (Å²) in [6.45, 7) is 8.52. The van der Waals surface area contributed by atoms with E-state index in [-0.39, 0.29) is 28.6 Å². The third kappa shape index (κ3) is 4.16. The molecule has 0 fully saturated rings. The Morgan fingerprint density at radius 3 is 2.42 bits per heavy atom. The molecule has 2 aromatic rings. The normalized spacial score (nSPS) is 17.5. The van der Waals surface area contributed by atoms with Crippen molar-refractivity contribution < 1.29 is 28.7 Å². The van der Waals surface area contributed by atoms with Gasteiger partial charge in [-0.1, -0.05) is 13.0 Å². The second kappa shape index (κ2) is 7.77. The number of aliphatic hydroxyl groups is 1. The third-order valence-corrected chi connectivity index (χ3v) is 5.17. The maximum atomic E-state index is 13.4. The molecule has 0 saturated heterocycles. The second-order valence-corrected chi connectivity index (χ2v) is 8.32. The zero-order chi connectivity index (χ0) is 23.1. The average molecular weight is 429 g/mol. The first-order valence-electron chi connectivity index (χ1n) is 9.81. The van der Waals surface area contributed by atoms with Gasteiger partial charge in [0.15, 0.2) is 5.78 Å². The minimum Gasteiger partial charge on any atom is -0.508 e. The van der Waals surface area contributed by atoms with Crippen molar-refractivity contribution in [2.45, 2.75) is 52.2 Å². The zero-order valence-corrected chi connectivity index (χ0v) is 18.0. The Hall–Kier alpha value is -3.26. The Morgan fingerprint density at radius 1 is 1.13 bits per heavy atom. The summed E-state index contributed by atoms with van der Waals surface area (Å²) in [6, 6.07) is 7.88. The van der Waals surface area contributed by atoms with Crippen LogP contribution >= 0.6 is 0 Å². The van der Waals surface area contributed by atoms with Crippen molar-refractivity contribution in [3.8, 4) is 11.5 Å². The number of Topliss-reactive ketones (excluding diaryl/α,β-unsaturated/α-hetero) is 1. The molecule has 3 rings (SSSR count). The number of benzene rings is 2. The molecule has 1 heterocycles. The monoisotopic (exact) mass is 429 g/mol. The van der Waals surface area contributed by atoms with Gasteiger partial charge in [-0.2, -0.15) is 0 Å². The molecule has 0 aromatic heterocycles. The van der Waals surface area contributed by atoms with E-state index in [0.717, 1.165) is 17.7 Å². The molecule has 1 N–H and O–H groups in total. The largest absolute Gasteiger partial charge is 0.508 e. The van der Waals surface area contributed by atoms with Crippen LogP contribution in [0, 0.1) is 15.9 Å². The smallest absolute Gasteiger partial charge is 0.314 e. The predicted molar refractivity (Wildman–Crippen MR) is 113 cm³/mol. The van der Waals surface area contributed by atoms with Gasteiger partial charge in [0.1, 0.15) is 28.5 Å². The lowest BCUT2D eigenvalue weighted by molar-refractivity contribution is -0.385. The van der Waals surface area contributed by atoms with Gasteiger partial charge in [0.05, 0.1) is 16.6 Å². The van der Waals surface area contributed by atoms with Crippen LogP contribution in [0.3, 0.4) is 0 Å². The Balaban J connectivity index is 2.15. The van der Waals surface area contributed by atoms with Crippen LogP contribution in [0.25, 0.3) is 5.57 Å². The van der Waals surface area contributed by atoms with Crippen LogP contribution in [0.4, 0.5) is 10.1 Å². The maximum Gasteiger partial charge on any atom is 0.314 e. The predicted octanol–water partition coefficient (Wildman–Crippen LogP) is 5.51. The third-order valence-electron chi connectivity index (χ3n) is 5.17. The van der Waals surface area contributed by atoms with Crippen LogP contribution in [-0.4, -0.2) is 27.0 Å². The van der Waals surface area contributed by atoms with Crippen molar-refractivity contribution in [2.75, 3.05) is 0 Å². The van der Waals surface area contributed by atoms with E-state index in [9.17, 15) is 24.4 Å². The van der Waals surface area contributed by atoms with Crippen LogP contribution in [-0.2, 0) is 16.0 Å². The number of nitrogens with zero attached hydrogens (tertiary/aromatic N) is 1. The Morgan fingerprint density at radius 2 is 1.81 bits per heavy atom. The van der Waals surface area contributed by atoms with Crippen LogP contribution in [0.15, 0.2) is 42.2 Å². The van der Waals surface area contributed by atoms with Gasteiger partial charge in [-0.3, -0.25) is 14.9 Å². The van der Waals surface area contributed by atoms with Crippen molar-refractivity contribution in [1.29, 1.82) is 0 Å². The number of ketones is 1. The molecule has 0 unspecified atom stereocenters. The highest BCUT2D eigenvalue weighted by atomic mass is 19.1. The summed E-state index contributed by atoms with van der Waals surface area (Å²) < 4.78 is 24.9. The lowest BCUT2D eigenvalue weighted by atomic mass is 9.81. The summed E-state index contributed by atoms with van der Waals surface area (Å²) in [6.07, 6.45) is 0.568. The number of nitro groups is 1. The van der Waals surface area contributed by atoms with E-state index < -0.39 is 27.6 Å². The van der Waals surface area contributed by atoms with E-state index in [2.05, 4.69) is 0 Å². The van der Waals surface area contributed by atoms with Crippen LogP contribution in [0.1, 0.15) is 45.7 Å². The molecule has 1 aliphatic rings. The van der Waals surface area contributed by atoms with Gasteiger partial charge in [-0.15, -0.1) is 0 Å². The summed E-state index contributed by atoms with van der Waals surface area (Å²) in [5.74, 6) is -1.27. The molecule has 0 atom stereocenters. The molecule has 31 heavy (non-hydrogen) atoms. The molecule has 8 heteroatoms. The number of rotatable bonds is 5. The first-order valence-corrected chi connectivity index (χ1v) is 9.81. The van der Waals surface area contributed by atoms with E-state index in [0.29, 0.717) is 12.0 Å². The molecule has 2 aromatic carbocycles. The maximum absolute atomic E-state index is 13.4. The quantitative estimate of drug-likeness (QED) is 0.497. The molecular weight excluding hydrogens is 405 g/mol. The number of hydrogen-bond donors (Lipinski definition) is 1. The highest BCUT2D eigenvalue weighted by Gasteiger charge is 2.47. The van der Waals surface area contributed by atoms with Crippen LogP contribution in [0.5, 0.6) is 11.5 Å². The Bertz CT molecular complexity index is 1100. The van der Waals surface area contributed by atoms with Gasteiger partial charge in [0.2, 0.25) is 5.75 Å². The molecule has 0 amide bonds. The second-order valence-electron chi connectivity index (χ2n) is 8.32. The van der Waals surface area contributed by atoms with Gasteiger partial charge < -0.3 is 14.6 Å². The van der Waals surface area contributed by atoms with Crippen molar-refractivity contribution in [3.63, 3.8) is 0 Å². The Labute approximate surface area is 179 Å². The highest BCUT2D eigenvalue weighted by molar-refractivity contribution is 6.26. The molecule has 0 saturated carbocycles. The van der Waals surface area contributed by atoms with Crippen LogP contribution in [0.2, 0.25) is 0 Å². The van der Waals surface area contributed by atoms with Gasteiger partial charge in [0, 0.05) is 0 Å². The number of nitro benzene ring substituents is 1. The topological polar surface area (TPSA) is 98.9 Å². The number of hydrogen-bond acceptors (Lipinski definition) is 6. The lowest BCUT2D eigenvalue weighted by Crippen LogP contribution is -2.49. The fourth-order valence-corrected chi connectivity index (χ4v) is 3.70. The summed E-state index contributed by atoms with van der Waals surface area (Å²) in [4.78, 5) is 23.7. The first kappa shape index (κ1) is 22.4. The molecular formula is C23H24FNO6. The van der Waals surface area contributed by atoms with E-state index >= 15 is 0 Å². The molecule has 164 valence electrons. The van der Waals surface area contributed by atoms with Crippen molar-refractivity contribution in [2.24, 2.45) is 0 Å². The average Bonchev–Trinajstić information content (AvgIpc) is 2.67. The van der Waals surface area contributed by atoms with Crippen molar-refractivity contribution in [3.05, 3.63) is 69.2 Å². The summed E-state index contributed by atoms with van der Waals surface area (Å²) in [7, 11) is 0. The number of aryl methyl sites for hydroxylation is 1. The van der Waals surface area contributed by atoms with Crippen molar-refractivity contribution >= 4 is 17.0 Å². The van der Waals surface area contributed by atoms with Gasteiger partial charge in [0.25, 0.3) is 0 Å². The van der Waals surface area contributed by atoms with Gasteiger partial charge in [-0.05, 0) is 69.5 Å². The number of ether oxygens (including phenoxy) is 2. The van der Waals surface area contributed by atoms with Crippen LogP contribution < -0.4 is 4.74 Å². The molecule has 1 aliphatic heterocycles. The molecule has 0 radical (unpaired) electrons. The minimum absolute atomic E-state index is 0.122. The Kier molecular flexibility index (Phi) is 5.62. The number of carbonyl (C=O) groups is 1. The standard InChI is InChI=1S/C23H24FNO6/c1-6-13-7-9-15(30-18-10-8-14(24)11-17(18)25(28)29)12-16(13)19-20(26)22(2,3)31-23(4,5)21(19)27/h7-12,26H,6H2,1-5H3. The van der Waals surface area contributed by atoms with E-state index in [4.69, 9.17) is 9.47 Å². The van der Waals surface area contributed by atoms with E-state index in [1.165, 1.54) is 6.07 Å². The molecule has 0 aliphatic carbocycles. The number of halogens is 1. The van der Waals surface area contributed by atoms with E-state index in [1.807, 2.05) is 6.92 Å². The van der Waals surface area contributed by atoms with Gasteiger partial charge >= 0.3 is 5.69 Å². The fourth-order valence-electron chi connectivity index (χ4n) is 3.70. The minimum atomic E-state index is -1.16. The van der Waals surface area contributed by atoms with Gasteiger partial charge in [-0.25, -0.2) is 4.39 Å². The molecule has 7 nitrogen and oxygen atoms in total. The number of aliphatic hydroxyl groups excluding tert-OH is 1. The molecule has 0 spiro atoms. The molecule has 0 bridgehead atoms. The summed E-state index contributed by atoms with van der Waals surface area (Å²) >= 11 is 0. The number of carbonyl (C=O) groups excluding carboxylic acids is 1.